The van der Waals surface area contributed by atoms with Gasteiger partial charge in [0, 0.05) is 19.1 Å². The molecule has 3 heteroatoms. The maximum Gasteiger partial charge on any atom is 0.0820 e. The van der Waals surface area contributed by atoms with Crippen LogP contribution < -0.4 is 5.73 Å². The first-order chi connectivity index (χ1) is 9.46. The lowest BCUT2D eigenvalue weighted by molar-refractivity contribution is 0.0485. The molecule has 3 N–H and O–H groups in total. The standard InChI is InChI=1S/C17H28N2O/c1-17(2)9-6-10-19(13-17)12-16(20)15(18)11-14-7-4-3-5-8-14/h3-5,7-8,15-16,20H,6,9-13,18H2,1-2H3. The fourth-order valence-corrected chi connectivity index (χ4v) is 3.12. The van der Waals surface area contributed by atoms with Crippen LogP contribution >= 0.6 is 0 Å². The molecule has 2 atom stereocenters. The molecule has 1 aliphatic heterocycles. The number of β-amino-alcohol motifs (C(OH)–C–C–N with tert-alkyl or cyclic N) is 1. The third-order valence-electron chi connectivity index (χ3n) is 4.23. The van der Waals surface area contributed by atoms with Gasteiger partial charge in [0.15, 0.2) is 0 Å². The molecule has 20 heavy (non-hydrogen) atoms. The van der Waals surface area contributed by atoms with E-state index in [4.69, 9.17) is 5.73 Å². The van der Waals surface area contributed by atoms with Crippen LogP contribution in [0.1, 0.15) is 32.3 Å². The van der Waals surface area contributed by atoms with Crippen LogP contribution in [-0.2, 0) is 6.42 Å². The topological polar surface area (TPSA) is 49.5 Å². The summed E-state index contributed by atoms with van der Waals surface area (Å²) in [5, 5.41) is 10.3. The normalized spacial score (nSPS) is 22.4. The molecule has 0 aromatic heterocycles. The van der Waals surface area contributed by atoms with Crippen molar-refractivity contribution in [2.24, 2.45) is 11.1 Å². The van der Waals surface area contributed by atoms with Crippen LogP contribution in [0.15, 0.2) is 30.3 Å². The average molecular weight is 276 g/mol. The highest BCUT2D eigenvalue weighted by atomic mass is 16.3. The van der Waals surface area contributed by atoms with Crippen molar-refractivity contribution in [3.63, 3.8) is 0 Å². The van der Waals surface area contributed by atoms with Gasteiger partial charge in [0.2, 0.25) is 0 Å². The van der Waals surface area contributed by atoms with Gasteiger partial charge in [0.1, 0.15) is 0 Å². The second-order valence-corrected chi connectivity index (χ2v) is 6.92. The molecule has 1 fully saturated rings. The summed E-state index contributed by atoms with van der Waals surface area (Å²) in [5.74, 6) is 0. The van der Waals surface area contributed by atoms with Gasteiger partial charge in [-0.15, -0.1) is 0 Å². The highest BCUT2D eigenvalue weighted by molar-refractivity contribution is 5.16. The van der Waals surface area contributed by atoms with Crippen molar-refractivity contribution < 1.29 is 5.11 Å². The first-order valence-corrected chi connectivity index (χ1v) is 7.66. The van der Waals surface area contributed by atoms with Crippen molar-refractivity contribution in [1.29, 1.82) is 0 Å². The van der Waals surface area contributed by atoms with Gasteiger partial charge in [-0.1, -0.05) is 44.2 Å². The number of rotatable bonds is 5. The molecule has 0 bridgehead atoms. The monoisotopic (exact) mass is 276 g/mol. The van der Waals surface area contributed by atoms with E-state index in [2.05, 4.69) is 30.9 Å². The SMILES string of the molecule is CC1(C)CCCN(CC(O)C(N)Cc2ccccc2)C1. The lowest BCUT2D eigenvalue weighted by atomic mass is 9.84. The molecule has 1 saturated heterocycles. The summed E-state index contributed by atoms with van der Waals surface area (Å²) in [6.45, 7) is 7.43. The van der Waals surface area contributed by atoms with Crippen LogP contribution in [-0.4, -0.2) is 41.8 Å². The number of piperidine rings is 1. The van der Waals surface area contributed by atoms with Gasteiger partial charge < -0.3 is 15.7 Å². The second-order valence-electron chi connectivity index (χ2n) is 6.92. The summed E-state index contributed by atoms with van der Waals surface area (Å²) >= 11 is 0. The number of aliphatic hydroxyl groups is 1. The van der Waals surface area contributed by atoms with Crippen LogP contribution in [0.5, 0.6) is 0 Å². The van der Waals surface area contributed by atoms with Gasteiger partial charge in [-0.3, -0.25) is 0 Å². The molecule has 0 spiro atoms. The third kappa shape index (κ3) is 4.58. The van der Waals surface area contributed by atoms with Crippen molar-refractivity contribution in [1.82, 2.24) is 4.90 Å². The first kappa shape index (κ1) is 15.5. The number of aliphatic hydroxyl groups excluding tert-OH is 1. The molecule has 2 unspecified atom stereocenters. The zero-order chi connectivity index (χ0) is 14.6. The number of hydrogen-bond acceptors (Lipinski definition) is 3. The molecule has 0 aliphatic carbocycles. The molecular weight excluding hydrogens is 248 g/mol. The minimum absolute atomic E-state index is 0.192. The van der Waals surface area contributed by atoms with Crippen molar-refractivity contribution in [3.8, 4) is 0 Å². The number of nitrogens with zero attached hydrogens (tertiary/aromatic N) is 1. The van der Waals surface area contributed by atoms with Crippen LogP contribution in [0.2, 0.25) is 0 Å². The quantitative estimate of drug-likeness (QED) is 0.865. The lowest BCUT2D eigenvalue weighted by Gasteiger charge is -2.39. The van der Waals surface area contributed by atoms with E-state index in [0.29, 0.717) is 12.0 Å². The summed E-state index contributed by atoms with van der Waals surface area (Å²) < 4.78 is 0. The van der Waals surface area contributed by atoms with Crippen LogP contribution in [0.3, 0.4) is 0 Å². The Morgan fingerprint density at radius 2 is 2.00 bits per heavy atom. The Bertz CT molecular complexity index is 405. The molecule has 1 heterocycles. The minimum Gasteiger partial charge on any atom is -0.390 e. The van der Waals surface area contributed by atoms with Gasteiger partial charge in [-0.05, 0) is 36.8 Å². The van der Waals surface area contributed by atoms with Crippen LogP contribution in [0.4, 0.5) is 0 Å². The zero-order valence-electron chi connectivity index (χ0n) is 12.8. The highest BCUT2D eigenvalue weighted by Gasteiger charge is 2.28. The molecule has 1 aromatic rings. The number of hydrogen-bond donors (Lipinski definition) is 2. The van der Waals surface area contributed by atoms with Crippen LogP contribution in [0, 0.1) is 5.41 Å². The fraction of sp³-hybridized carbons (Fsp3) is 0.647. The molecule has 0 saturated carbocycles. The number of benzene rings is 1. The fourth-order valence-electron chi connectivity index (χ4n) is 3.12. The summed E-state index contributed by atoms with van der Waals surface area (Å²) in [7, 11) is 0. The third-order valence-corrected chi connectivity index (χ3v) is 4.23. The van der Waals surface area contributed by atoms with E-state index in [1.165, 1.54) is 18.4 Å². The van der Waals surface area contributed by atoms with Crippen molar-refractivity contribution in [2.75, 3.05) is 19.6 Å². The van der Waals surface area contributed by atoms with E-state index >= 15 is 0 Å². The first-order valence-electron chi connectivity index (χ1n) is 7.66. The van der Waals surface area contributed by atoms with Gasteiger partial charge in [-0.2, -0.15) is 0 Å². The van der Waals surface area contributed by atoms with Gasteiger partial charge in [0.05, 0.1) is 6.10 Å². The molecule has 2 rings (SSSR count). The smallest absolute Gasteiger partial charge is 0.0820 e. The van der Waals surface area contributed by atoms with E-state index in [1.54, 1.807) is 0 Å². The Morgan fingerprint density at radius 1 is 1.30 bits per heavy atom. The molecule has 112 valence electrons. The number of nitrogens with two attached hydrogens (primary N) is 1. The highest BCUT2D eigenvalue weighted by Crippen LogP contribution is 2.28. The molecular formula is C17H28N2O. The predicted molar refractivity (Wildman–Crippen MR) is 83.6 cm³/mol. The van der Waals surface area contributed by atoms with Crippen LogP contribution in [0.25, 0.3) is 0 Å². The van der Waals surface area contributed by atoms with E-state index < -0.39 is 6.10 Å². The van der Waals surface area contributed by atoms with Gasteiger partial charge >= 0.3 is 0 Å². The van der Waals surface area contributed by atoms with E-state index in [9.17, 15) is 5.11 Å². The maximum atomic E-state index is 10.3. The largest absolute Gasteiger partial charge is 0.390 e. The Hall–Kier alpha value is -0.900. The number of likely N-dealkylation sites (tertiary alicyclic amines) is 1. The average Bonchev–Trinajstić information content (AvgIpc) is 2.38. The molecule has 1 aliphatic rings. The molecule has 3 nitrogen and oxygen atoms in total. The molecule has 0 radical (unpaired) electrons. The van der Waals surface area contributed by atoms with Crippen molar-refractivity contribution >= 4 is 0 Å². The zero-order valence-corrected chi connectivity index (χ0v) is 12.8. The lowest BCUT2D eigenvalue weighted by Crippen LogP contribution is -2.49. The van der Waals surface area contributed by atoms with Crippen molar-refractivity contribution in [2.45, 2.75) is 45.3 Å². The predicted octanol–water partition coefficient (Wildman–Crippen LogP) is 2.04. The molecule has 0 amide bonds. The van der Waals surface area contributed by atoms with E-state index in [0.717, 1.165) is 19.5 Å². The second kappa shape index (κ2) is 6.70. The Kier molecular flexibility index (Phi) is 5.19. The molecule has 1 aromatic carbocycles. The minimum atomic E-state index is -0.455. The van der Waals surface area contributed by atoms with Crippen molar-refractivity contribution in [3.05, 3.63) is 35.9 Å². The summed E-state index contributed by atoms with van der Waals surface area (Å²) in [6.07, 6.45) is 2.77. The van der Waals surface area contributed by atoms with E-state index in [-0.39, 0.29) is 6.04 Å². The Labute approximate surface area is 122 Å². The Balaban J connectivity index is 1.83. The summed E-state index contributed by atoms with van der Waals surface area (Å²) in [6, 6.07) is 9.97. The van der Waals surface area contributed by atoms with Gasteiger partial charge in [0.25, 0.3) is 0 Å². The maximum absolute atomic E-state index is 10.3. The summed E-state index contributed by atoms with van der Waals surface area (Å²) in [4.78, 5) is 2.36. The van der Waals surface area contributed by atoms with Gasteiger partial charge in [-0.25, -0.2) is 0 Å². The Morgan fingerprint density at radius 3 is 2.65 bits per heavy atom. The van der Waals surface area contributed by atoms with E-state index in [1.807, 2.05) is 18.2 Å². The summed E-state index contributed by atoms with van der Waals surface area (Å²) in [5.41, 5.74) is 7.71.